The maximum atomic E-state index is 15.9. The summed E-state index contributed by atoms with van der Waals surface area (Å²) in [6, 6.07) is -1.99. The number of nitrogens with one attached hydrogen (secondary N) is 10. The molecule has 0 radical (unpaired) electrons. The number of amides is 16. The number of phenols is 1. The van der Waals surface area contributed by atoms with Gasteiger partial charge < -0.3 is 116 Å². The van der Waals surface area contributed by atoms with Crippen molar-refractivity contribution in [1.82, 2.24) is 87.1 Å². The van der Waals surface area contributed by atoms with E-state index in [4.69, 9.17) is 22.9 Å². The number of aromatic amines is 1. The highest BCUT2D eigenvalue weighted by Crippen LogP contribution is 2.28. The minimum atomic E-state index is -1.75. The second-order valence-electron chi connectivity index (χ2n) is 34.3. The topological polar surface area (TPSA) is 613 Å². The predicted octanol–water partition coefficient (Wildman–Crippen LogP) is -1.96. The highest BCUT2D eigenvalue weighted by atomic mass is 32.2. The van der Waals surface area contributed by atoms with E-state index in [2.05, 4.69) is 57.9 Å². The number of nitrogens with two attached hydrogens (primary N) is 4. The molecule has 0 saturated carbocycles. The lowest BCUT2D eigenvalue weighted by Crippen LogP contribution is -2.62. The van der Waals surface area contributed by atoms with E-state index in [1.54, 1.807) is 82.4 Å². The van der Waals surface area contributed by atoms with Gasteiger partial charge in [0.05, 0.1) is 29.5 Å². The van der Waals surface area contributed by atoms with Crippen molar-refractivity contribution in [3.05, 3.63) is 95.8 Å². The molecule has 3 aromatic carbocycles. The van der Waals surface area contributed by atoms with Gasteiger partial charge in [-0.2, -0.15) is 5.10 Å². The standard InChI is InChI=1S/C88H127N21O20S/c1-11-13-23-68-81(122)96-59(34-47(3)4)78(119)102-66(75(92)116)45-130-46-73(113)94-62(36-50-27-29-52(110)30-28-50)84(125)104(8)49(7)76(117)98-64(40-72(91)112)86(127)107-33-19-26-69(107)82(123)101-65(41-90)80(121)99-61(35-48(5)6)87(128)108-43-53(111)38-71(108)83(124)97-60(37-51-42-93-56-22-17-15-20-54(51)56)79(120)95-57(31-32-89)77(118)100-63(85(126)106(10)70(24-14-12-2)88(129)105(68)9)39-58-55-21-16-18-25-67(55)109(103-58)44-74(114)115/h15-18,20-22,25,27-30,42,47-49,53,57,59-66,68-71,93,110-111H,11-14,19,23-24,26,31-41,43-46,89-90H2,1-10H3,(H2,91,112)(H2,92,116)(H,94,113)(H,95,120)(H,96,122)(H,97,124)(H,98,117)(H,99,121)(H,100,118)(H,101,123)(H,102,119)(H,114,115)/t49-,53+,57-,59-,60-,61-,62-,63-,64-,65-,66-,68-,69-,70-,71-/m0/s1. The molecule has 0 bridgehead atoms. The van der Waals surface area contributed by atoms with Crippen LogP contribution in [0.1, 0.15) is 149 Å². The van der Waals surface area contributed by atoms with Crippen LogP contribution < -0.4 is 70.8 Å². The monoisotopic (exact) mass is 1830 g/mol. The largest absolute Gasteiger partial charge is 0.508 e. The lowest BCUT2D eigenvalue weighted by molar-refractivity contribution is -0.149. The third-order valence-corrected chi connectivity index (χ3v) is 24.5. The summed E-state index contributed by atoms with van der Waals surface area (Å²) in [6.07, 6.45) is -0.427. The number of fused-ring (bicyclic) bond motifs is 4. The van der Waals surface area contributed by atoms with Crippen molar-refractivity contribution in [2.45, 2.75) is 248 Å². The van der Waals surface area contributed by atoms with Crippen LogP contribution in [0.4, 0.5) is 0 Å². The van der Waals surface area contributed by atoms with E-state index in [-0.39, 0.29) is 106 Å². The Labute approximate surface area is 758 Å². The fourth-order valence-corrected chi connectivity index (χ4v) is 17.2. The Balaban J connectivity index is 1.19. The number of carboxylic acids is 1. The van der Waals surface area contributed by atoms with Crippen LogP contribution in [0.5, 0.6) is 5.75 Å². The Morgan fingerprint density at radius 1 is 0.554 bits per heavy atom. The molecule has 0 aliphatic carbocycles. The molecule has 3 fully saturated rings. The van der Waals surface area contributed by atoms with Crippen LogP contribution in [0.25, 0.3) is 21.8 Å². The Morgan fingerprint density at radius 2 is 1.10 bits per heavy atom. The summed E-state index contributed by atoms with van der Waals surface area (Å²) in [7, 11) is 3.93. The van der Waals surface area contributed by atoms with Crippen LogP contribution in [-0.4, -0.2) is 305 Å². The second kappa shape index (κ2) is 48.4. The van der Waals surface area contributed by atoms with E-state index in [9.17, 15) is 63.3 Å². The number of aromatic nitrogens is 3. The Hall–Kier alpha value is -12.3. The zero-order valence-corrected chi connectivity index (χ0v) is 76.0. The van der Waals surface area contributed by atoms with Crippen molar-refractivity contribution < 1.29 is 96.8 Å². The van der Waals surface area contributed by atoms with E-state index in [1.807, 2.05) is 13.8 Å². The first-order valence-electron chi connectivity index (χ1n) is 44.0. The maximum absolute atomic E-state index is 15.9. The SMILES string of the molecule is CCCC[C@H]1C(=O)N(C)[C@@H](CCCC)C(=O)N[C@@H](CC(C)C)C(=O)N[C@H](C(N)=O)CSCC(=O)N[C@@H](Cc2ccc(O)cc2)C(=O)N(C)[C@@H](C)C(=O)N[C@@H](CC(N)=O)C(=O)N2CCC[C@H]2C(=O)N[C@@H](CN)C(=O)N[C@@H](CC(C)C)C(=O)N2C[C@H](O)C[C@H]2C(=O)N[C@@H](Cc2c[nH]c3ccccc23)C(=O)N[C@@H](CCN)C(=O)N[C@@H](Cc2nn(CC(=O)O)c3ccccc23)C(=O)N1C. The third kappa shape index (κ3) is 27.9. The highest BCUT2D eigenvalue weighted by Gasteiger charge is 2.47. The number of H-pyrrole nitrogens is 1. The number of carboxylic acid groups (broad SMARTS) is 1. The van der Waals surface area contributed by atoms with Gasteiger partial charge >= 0.3 is 5.97 Å². The fourth-order valence-electron chi connectivity index (χ4n) is 16.3. The lowest BCUT2D eigenvalue weighted by atomic mass is 9.99. The number of aliphatic hydroxyl groups is 1. The molecular weight excluding hydrogens is 1700 g/mol. The number of primary amides is 2. The molecule has 8 rings (SSSR count). The summed E-state index contributed by atoms with van der Waals surface area (Å²) >= 11 is 0.824. The summed E-state index contributed by atoms with van der Waals surface area (Å²) in [5.74, 6) is -17.6. The van der Waals surface area contributed by atoms with E-state index < -0.39 is 229 Å². The zero-order valence-electron chi connectivity index (χ0n) is 75.2. The summed E-state index contributed by atoms with van der Waals surface area (Å²) in [4.78, 5) is 256. The predicted molar refractivity (Wildman–Crippen MR) is 479 cm³/mol. The smallest absolute Gasteiger partial charge is 0.325 e. The van der Waals surface area contributed by atoms with Gasteiger partial charge in [-0.1, -0.05) is 116 Å². The number of nitrogens with zero attached hydrogens (tertiary/aromatic N) is 7. The number of thioether (sulfide) groups is 1. The van der Waals surface area contributed by atoms with Crippen molar-refractivity contribution in [3.63, 3.8) is 0 Å². The molecule has 2 aromatic heterocycles. The van der Waals surface area contributed by atoms with Crippen molar-refractivity contribution in [3.8, 4) is 5.75 Å². The van der Waals surface area contributed by atoms with E-state index in [0.717, 1.165) is 31.4 Å². The van der Waals surface area contributed by atoms with E-state index in [0.29, 0.717) is 58.6 Å². The minimum Gasteiger partial charge on any atom is -0.508 e. The van der Waals surface area contributed by atoms with Crippen molar-refractivity contribution in [2.24, 2.45) is 34.8 Å². The van der Waals surface area contributed by atoms with Gasteiger partial charge in [0.25, 0.3) is 0 Å². The lowest BCUT2D eigenvalue weighted by Gasteiger charge is -2.36. The molecule has 21 N–H and O–H groups in total. The third-order valence-electron chi connectivity index (χ3n) is 23.5. The van der Waals surface area contributed by atoms with Crippen LogP contribution in [0.3, 0.4) is 0 Å². The number of unbranched alkanes of at least 4 members (excludes halogenated alkanes) is 2. The number of hydrogen-bond acceptors (Lipinski definition) is 23. The average Bonchev–Trinajstić information content (AvgIpc) is 1.40. The van der Waals surface area contributed by atoms with Gasteiger partial charge in [-0.3, -0.25) is 86.2 Å². The molecule has 130 heavy (non-hydrogen) atoms. The molecule has 42 heteroatoms. The molecule has 5 aromatic rings. The molecule has 15 atom stereocenters. The number of para-hydroxylation sites is 2. The molecule has 5 heterocycles. The Bertz CT molecular complexity index is 4890. The highest BCUT2D eigenvalue weighted by molar-refractivity contribution is 8.00. The van der Waals surface area contributed by atoms with Crippen LogP contribution in [-0.2, 0) is 107 Å². The Morgan fingerprint density at radius 3 is 1.74 bits per heavy atom. The molecule has 710 valence electrons. The zero-order chi connectivity index (χ0) is 95.7. The molecule has 0 spiro atoms. The summed E-state index contributed by atoms with van der Waals surface area (Å²) in [6.45, 7) is 9.95. The van der Waals surface area contributed by atoms with Gasteiger partial charge in [0.1, 0.15) is 96.9 Å². The Kier molecular flexibility index (Phi) is 38.4. The number of benzene rings is 3. The number of hydrogen-bond donors (Lipinski definition) is 17. The van der Waals surface area contributed by atoms with Gasteiger partial charge in [0.2, 0.25) is 94.5 Å². The molecule has 41 nitrogen and oxygen atoms in total. The number of aromatic hydroxyl groups is 1. The first-order chi connectivity index (χ1) is 61.7. The molecule has 3 aliphatic rings. The normalized spacial score (nSPS) is 25.4. The van der Waals surface area contributed by atoms with E-state index in [1.165, 1.54) is 61.9 Å². The number of carbonyl (C=O) groups excluding carboxylic acids is 16. The fraction of sp³-hybridized carbons (Fsp3) is 0.568. The number of rotatable bonds is 24. The number of aliphatic hydroxyl groups excluding tert-OH is 1. The van der Waals surface area contributed by atoms with Gasteiger partial charge in [-0.05, 0) is 106 Å². The average molecular weight is 1830 g/mol. The van der Waals surface area contributed by atoms with Crippen LogP contribution in [0, 0.1) is 11.8 Å². The van der Waals surface area contributed by atoms with E-state index >= 15 is 33.6 Å². The van der Waals surface area contributed by atoms with Crippen LogP contribution >= 0.6 is 11.8 Å². The van der Waals surface area contributed by atoms with Gasteiger partial charge in [0, 0.05) is 94.7 Å². The molecule has 3 saturated heterocycles. The van der Waals surface area contributed by atoms with Crippen molar-refractivity contribution in [2.75, 3.05) is 58.8 Å². The second-order valence-corrected chi connectivity index (χ2v) is 35.4. The summed E-state index contributed by atoms with van der Waals surface area (Å²) in [5.41, 5.74) is 26.0. The van der Waals surface area contributed by atoms with Crippen molar-refractivity contribution in [1.29, 1.82) is 0 Å². The molecular formula is C88H127N21O20S. The number of likely N-dealkylation sites (N-methyl/N-ethyl adjacent to an activating group) is 3. The van der Waals surface area contributed by atoms with Gasteiger partial charge in [-0.15, -0.1) is 11.8 Å². The van der Waals surface area contributed by atoms with Crippen LogP contribution in [0.15, 0.2) is 79.0 Å². The minimum absolute atomic E-state index is 0.00579. The maximum Gasteiger partial charge on any atom is 0.325 e. The van der Waals surface area contributed by atoms with Gasteiger partial charge in [-0.25, -0.2) is 0 Å². The summed E-state index contributed by atoms with van der Waals surface area (Å²) < 4.78 is 1.20. The quantitative estimate of drug-likeness (QED) is 0.0319. The number of phenolic OH excluding ortho intramolecular Hbond substituents is 1. The summed E-state index contributed by atoms with van der Waals surface area (Å²) in [5, 5.41) is 61.4. The number of carbonyl (C=O) groups is 17. The molecule has 16 amide bonds. The van der Waals surface area contributed by atoms with Gasteiger partial charge in [0.15, 0.2) is 0 Å². The first-order valence-corrected chi connectivity index (χ1v) is 45.2. The van der Waals surface area contributed by atoms with Crippen LogP contribution in [0.2, 0.25) is 0 Å². The van der Waals surface area contributed by atoms with Crippen molar-refractivity contribution >= 4 is 134 Å². The number of aliphatic carboxylic acids is 1. The molecule has 0 unspecified atom stereocenters. The first kappa shape index (κ1) is 103. The molecule has 3 aliphatic heterocycles.